The number of aryl methyl sites for hydroxylation is 3. The van der Waals surface area contributed by atoms with E-state index in [4.69, 9.17) is 0 Å². The molecule has 0 atom stereocenters. The molecule has 2 heterocycles. The third-order valence-corrected chi connectivity index (χ3v) is 3.51. The van der Waals surface area contributed by atoms with Crippen molar-refractivity contribution in [3.05, 3.63) is 35.9 Å². The highest BCUT2D eigenvalue weighted by molar-refractivity contribution is 5.75. The Labute approximate surface area is 125 Å². The molecular weight excluding hydrogens is 266 g/mol. The van der Waals surface area contributed by atoms with Crippen LogP contribution < -0.4 is 0 Å². The van der Waals surface area contributed by atoms with E-state index in [9.17, 15) is 4.79 Å². The molecule has 6 nitrogen and oxygen atoms in total. The molecule has 0 aliphatic heterocycles. The summed E-state index contributed by atoms with van der Waals surface area (Å²) in [6.45, 7) is 6.22. The summed E-state index contributed by atoms with van der Waals surface area (Å²) in [5, 5.41) is 8.53. The van der Waals surface area contributed by atoms with Crippen molar-refractivity contribution in [1.29, 1.82) is 0 Å². The lowest BCUT2D eigenvalue weighted by atomic mass is 10.3. The predicted octanol–water partition coefficient (Wildman–Crippen LogP) is 1.64. The molecule has 1 amide bonds. The number of carbonyl (C=O) groups is 1. The highest BCUT2D eigenvalue weighted by atomic mass is 16.2. The van der Waals surface area contributed by atoms with E-state index < -0.39 is 0 Å². The molecule has 0 saturated carbocycles. The maximum absolute atomic E-state index is 12.0. The van der Waals surface area contributed by atoms with Crippen LogP contribution in [-0.2, 0) is 17.9 Å². The van der Waals surface area contributed by atoms with Crippen molar-refractivity contribution in [3.63, 3.8) is 0 Å². The Morgan fingerprint density at radius 1 is 1.33 bits per heavy atom. The number of hydrogen-bond acceptors (Lipinski definition) is 3. The van der Waals surface area contributed by atoms with Crippen molar-refractivity contribution >= 4 is 5.91 Å². The van der Waals surface area contributed by atoms with Gasteiger partial charge in [0.2, 0.25) is 5.91 Å². The minimum atomic E-state index is 0.170. The lowest BCUT2D eigenvalue weighted by Gasteiger charge is -2.17. The number of amides is 1. The summed E-state index contributed by atoms with van der Waals surface area (Å²) in [6.07, 6.45) is 5.03. The Morgan fingerprint density at radius 2 is 2.14 bits per heavy atom. The lowest BCUT2D eigenvalue weighted by Crippen LogP contribution is -2.30. The van der Waals surface area contributed by atoms with Gasteiger partial charge in [-0.2, -0.15) is 10.2 Å². The summed E-state index contributed by atoms with van der Waals surface area (Å²) in [5.74, 6) is 0.170. The molecule has 0 bridgehead atoms. The van der Waals surface area contributed by atoms with Gasteiger partial charge in [0.1, 0.15) is 0 Å². The Balaban J connectivity index is 1.71. The molecule has 0 aliphatic carbocycles. The highest BCUT2D eigenvalue weighted by Gasteiger charge is 2.09. The number of rotatable bonds is 7. The number of carbonyl (C=O) groups excluding carboxylic acids is 1. The average molecular weight is 289 g/mol. The van der Waals surface area contributed by atoms with Crippen LogP contribution in [0.15, 0.2) is 24.5 Å². The molecule has 21 heavy (non-hydrogen) atoms. The first kappa shape index (κ1) is 15.3. The van der Waals surface area contributed by atoms with E-state index >= 15 is 0 Å². The first-order valence-electron chi connectivity index (χ1n) is 7.28. The summed E-state index contributed by atoms with van der Waals surface area (Å²) in [7, 11) is 1.85. The van der Waals surface area contributed by atoms with Gasteiger partial charge in [-0.3, -0.25) is 14.2 Å². The van der Waals surface area contributed by atoms with E-state index in [1.54, 1.807) is 11.1 Å². The van der Waals surface area contributed by atoms with Gasteiger partial charge in [-0.05, 0) is 32.4 Å². The normalized spacial score (nSPS) is 10.8. The van der Waals surface area contributed by atoms with E-state index in [-0.39, 0.29) is 5.91 Å². The van der Waals surface area contributed by atoms with E-state index in [0.717, 1.165) is 30.9 Å². The molecule has 6 heteroatoms. The van der Waals surface area contributed by atoms with Crippen molar-refractivity contribution in [2.24, 2.45) is 0 Å². The molecule has 0 aromatic carbocycles. The zero-order chi connectivity index (χ0) is 15.2. The maximum atomic E-state index is 12.0. The zero-order valence-corrected chi connectivity index (χ0v) is 13.0. The number of hydrogen-bond donors (Lipinski definition) is 0. The van der Waals surface area contributed by atoms with Crippen LogP contribution in [-0.4, -0.2) is 44.0 Å². The quantitative estimate of drug-likeness (QED) is 0.778. The second-order valence-corrected chi connectivity index (χ2v) is 5.34. The van der Waals surface area contributed by atoms with Crippen LogP contribution in [0.4, 0.5) is 0 Å². The fourth-order valence-corrected chi connectivity index (χ4v) is 2.29. The molecule has 2 rings (SSSR count). The minimum absolute atomic E-state index is 0.170. The van der Waals surface area contributed by atoms with Crippen LogP contribution in [0.5, 0.6) is 0 Å². The van der Waals surface area contributed by atoms with Gasteiger partial charge in [0.05, 0.1) is 12.2 Å². The molecule has 0 saturated heterocycles. The highest BCUT2D eigenvalue weighted by Crippen LogP contribution is 2.03. The van der Waals surface area contributed by atoms with Gasteiger partial charge in [0, 0.05) is 44.6 Å². The van der Waals surface area contributed by atoms with Crippen molar-refractivity contribution < 1.29 is 4.79 Å². The van der Waals surface area contributed by atoms with Gasteiger partial charge >= 0.3 is 0 Å². The van der Waals surface area contributed by atoms with Crippen LogP contribution >= 0.6 is 0 Å². The summed E-state index contributed by atoms with van der Waals surface area (Å²) in [4.78, 5) is 13.8. The SMILES string of the molecule is Cc1cc(C)n(CCN(C)C(=O)CCCn2cccn2)n1. The third-order valence-electron chi connectivity index (χ3n) is 3.51. The molecule has 114 valence electrons. The second kappa shape index (κ2) is 7.06. The van der Waals surface area contributed by atoms with Gasteiger partial charge in [-0.1, -0.05) is 0 Å². The van der Waals surface area contributed by atoms with Gasteiger partial charge < -0.3 is 4.90 Å². The third kappa shape index (κ3) is 4.44. The van der Waals surface area contributed by atoms with Crippen LogP contribution in [0, 0.1) is 13.8 Å². The molecule has 0 unspecified atom stereocenters. The average Bonchev–Trinajstić information content (AvgIpc) is 3.05. The summed E-state index contributed by atoms with van der Waals surface area (Å²) in [6, 6.07) is 3.94. The Morgan fingerprint density at radius 3 is 2.76 bits per heavy atom. The number of likely N-dealkylation sites (N-methyl/N-ethyl adjacent to an activating group) is 1. The predicted molar refractivity (Wildman–Crippen MR) is 80.8 cm³/mol. The summed E-state index contributed by atoms with van der Waals surface area (Å²) < 4.78 is 3.80. The van der Waals surface area contributed by atoms with Crippen LogP contribution in [0.25, 0.3) is 0 Å². The fourth-order valence-electron chi connectivity index (χ4n) is 2.29. The molecule has 0 spiro atoms. The van der Waals surface area contributed by atoms with Crippen molar-refractivity contribution in [3.8, 4) is 0 Å². The maximum Gasteiger partial charge on any atom is 0.222 e. The van der Waals surface area contributed by atoms with E-state index in [2.05, 4.69) is 10.2 Å². The molecule has 2 aromatic rings. The second-order valence-electron chi connectivity index (χ2n) is 5.34. The number of aromatic nitrogens is 4. The van der Waals surface area contributed by atoms with E-state index in [0.29, 0.717) is 13.0 Å². The molecule has 2 aromatic heterocycles. The first-order chi connectivity index (χ1) is 10.1. The van der Waals surface area contributed by atoms with Gasteiger partial charge in [-0.15, -0.1) is 0 Å². The van der Waals surface area contributed by atoms with Crippen LogP contribution in [0.1, 0.15) is 24.2 Å². The van der Waals surface area contributed by atoms with Crippen LogP contribution in [0.2, 0.25) is 0 Å². The molecule has 0 N–H and O–H groups in total. The van der Waals surface area contributed by atoms with Gasteiger partial charge in [-0.25, -0.2) is 0 Å². The first-order valence-corrected chi connectivity index (χ1v) is 7.28. The van der Waals surface area contributed by atoms with Crippen molar-refractivity contribution in [1.82, 2.24) is 24.5 Å². The van der Waals surface area contributed by atoms with Crippen LogP contribution in [0.3, 0.4) is 0 Å². The number of nitrogens with zero attached hydrogens (tertiary/aromatic N) is 5. The Hall–Kier alpha value is -2.11. The molecule has 0 radical (unpaired) electrons. The van der Waals surface area contributed by atoms with Gasteiger partial charge in [0.15, 0.2) is 0 Å². The van der Waals surface area contributed by atoms with E-state index in [1.165, 1.54) is 0 Å². The Bertz CT molecular complexity index is 573. The Kier molecular flexibility index (Phi) is 5.14. The topological polar surface area (TPSA) is 56.0 Å². The van der Waals surface area contributed by atoms with Gasteiger partial charge in [0.25, 0.3) is 0 Å². The molecular formula is C15H23N5O. The lowest BCUT2D eigenvalue weighted by molar-refractivity contribution is -0.130. The van der Waals surface area contributed by atoms with Crippen molar-refractivity contribution in [2.45, 2.75) is 39.8 Å². The molecule has 0 fully saturated rings. The summed E-state index contributed by atoms with van der Waals surface area (Å²) in [5.41, 5.74) is 2.15. The zero-order valence-electron chi connectivity index (χ0n) is 13.0. The monoisotopic (exact) mass is 289 g/mol. The smallest absolute Gasteiger partial charge is 0.222 e. The summed E-state index contributed by atoms with van der Waals surface area (Å²) >= 11 is 0. The molecule has 0 aliphatic rings. The standard InChI is InChI=1S/C15H23N5O/c1-13-12-14(2)20(17-13)11-10-18(3)15(21)6-4-8-19-9-5-7-16-19/h5,7,9,12H,4,6,8,10-11H2,1-3H3. The van der Waals surface area contributed by atoms with E-state index in [1.807, 2.05) is 48.6 Å². The minimum Gasteiger partial charge on any atom is -0.344 e. The fraction of sp³-hybridized carbons (Fsp3) is 0.533. The largest absolute Gasteiger partial charge is 0.344 e. The van der Waals surface area contributed by atoms with Crippen molar-refractivity contribution in [2.75, 3.05) is 13.6 Å².